The highest BCUT2D eigenvalue weighted by Gasteiger charge is 2.40. The van der Waals surface area contributed by atoms with Crippen molar-refractivity contribution in [2.75, 3.05) is 39.4 Å². The van der Waals surface area contributed by atoms with E-state index in [1.807, 2.05) is 6.92 Å². The van der Waals surface area contributed by atoms with E-state index in [9.17, 15) is 9.59 Å². The molecule has 0 aromatic heterocycles. The van der Waals surface area contributed by atoms with Crippen molar-refractivity contribution in [3.05, 3.63) is 0 Å². The third kappa shape index (κ3) is 2.81. The second-order valence-electron chi connectivity index (χ2n) is 4.93. The highest BCUT2D eigenvalue weighted by Crippen LogP contribution is 2.25. The van der Waals surface area contributed by atoms with Gasteiger partial charge in [-0.05, 0) is 6.92 Å². The van der Waals surface area contributed by atoms with Crippen LogP contribution in [0.25, 0.3) is 0 Å². The second kappa shape index (κ2) is 5.67. The predicted octanol–water partition coefficient (Wildman–Crippen LogP) is -0.360. The maximum Gasteiger partial charge on any atom is 0.309 e. The van der Waals surface area contributed by atoms with Crippen molar-refractivity contribution in [3.63, 3.8) is 0 Å². The summed E-state index contributed by atoms with van der Waals surface area (Å²) in [6.07, 6.45) is 0.139. The number of hydrogen-bond acceptors (Lipinski definition) is 4. The van der Waals surface area contributed by atoms with Crippen LogP contribution in [0.4, 0.5) is 0 Å². The van der Waals surface area contributed by atoms with Crippen LogP contribution in [0.3, 0.4) is 0 Å². The summed E-state index contributed by atoms with van der Waals surface area (Å²) in [7, 11) is 0. The van der Waals surface area contributed by atoms with Gasteiger partial charge in [-0.3, -0.25) is 14.5 Å². The van der Waals surface area contributed by atoms with Gasteiger partial charge in [-0.15, -0.1) is 0 Å². The average molecular weight is 256 g/mol. The summed E-state index contributed by atoms with van der Waals surface area (Å²) in [4.78, 5) is 26.7. The first kappa shape index (κ1) is 13.3. The van der Waals surface area contributed by atoms with E-state index in [0.29, 0.717) is 6.54 Å². The Morgan fingerprint density at radius 2 is 2.06 bits per heavy atom. The van der Waals surface area contributed by atoms with Crippen molar-refractivity contribution >= 4 is 11.9 Å². The average Bonchev–Trinajstić information content (AvgIpc) is 2.64. The lowest BCUT2D eigenvalue weighted by molar-refractivity contribution is -0.142. The molecule has 2 unspecified atom stereocenters. The smallest absolute Gasteiger partial charge is 0.309 e. The van der Waals surface area contributed by atoms with E-state index in [0.717, 1.165) is 32.8 Å². The molecule has 18 heavy (non-hydrogen) atoms. The summed E-state index contributed by atoms with van der Waals surface area (Å²) in [6, 6.07) is -0.198. The van der Waals surface area contributed by atoms with Gasteiger partial charge in [-0.2, -0.15) is 0 Å². The number of carboxylic acids is 1. The van der Waals surface area contributed by atoms with Gasteiger partial charge in [0.25, 0.3) is 0 Å². The number of likely N-dealkylation sites (tertiary alicyclic amines) is 1. The molecule has 0 aliphatic carbocycles. The largest absolute Gasteiger partial charge is 0.481 e. The Morgan fingerprint density at radius 1 is 1.39 bits per heavy atom. The lowest BCUT2D eigenvalue weighted by atomic mass is 10.0. The van der Waals surface area contributed by atoms with Crippen molar-refractivity contribution < 1.29 is 19.4 Å². The fraction of sp³-hybridized carbons (Fsp3) is 0.833. The van der Waals surface area contributed by atoms with Crippen LogP contribution in [0.2, 0.25) is 0 Å². The van der Waals surface area contributed by atoms with Crippen molar-refractivity contribution in [3.8, 4) is 0 Å². The van der Waals surface area contributed by atoms with Crippen LogP contribution in [0, 0.1) is 5.92 Å². The van der Waals surface area contributed by atoms with Gasteiger partial charge in [-0.25, -0.2) is 0 Å². The summed E-state index contributed by atoms with van der Waals surface area (Å²) >= 11 is 0. The molecule has 6 nitrogen and oxygen atoms in total. The predicted molar refractivity (Wildman–Crippen MR) is 64.2 cm³/mol. The van der Waals surface area contributed by atoms with Crippen LogP contribution in [0.5, 0.6) is 0 Å². The molecule has 2 heterocycles. The number of carbonyl (C=O) groups is 2. The molecule has 2 fully saturated rings. The summed E-state index contributed by atoms with van der Waals surface area (Å²) in [5, 5.41) is 9.03. The van der Waals surface area contributed by atoms with Gasteiger partial charge in [0.05, 0.1) is 19.1 Å². The van der Waals surface area contributed by atoms with Crippen LogP contribution in [-0.4, -0.2) is 72.2 Å². The Labute approximate surface area is 106 Å². The zero-order valence-corrected chi connectivity index (χ0v) is 10.7. The molecule has 0 saturated carbocycles. The van der Waals surface area contributed by atoms with E-state index < -0.39 is 11.9 Å². The minimum Gasteiger partial charge on any atom is -0.481 e. The minimum absolute atomic E-state index is 0.0387. The maximum atomic E-state index is 11.8. The van der Waals surface area contributed by atoms with Gasteiger partial charge in [0.1, 0.15) is 0 Å². The quantitative estimate of drug-likeness (QED) is 0.744. The molecule has 0 radical (unpaired) electrons. The molecule has 2 saturated heterocycles. The number of rotatable bonds is 4. The molecule has 1 amide bonds. The van der Waals surface area contributed by atoms with E-state index >= 15 is 0 Å². The Morgan fingerprint density at radius 3 is 2.61 bits per heavy atom. The Hall–Kier alpha value is -1.14. The maximum absolute atomic E-state index is 11.8. The van der Waals surface area contributed by atoms with Gasteiger partial charge < -0.3 is 14.7 Å². The molecule has 2 atom stereocenters. The second-order valence-corrected chi connectivity index (χ2v) is 4.93. The minimum atomic E-state index is -0.871. The molecule has 2 aliphatic heterocycles. The van der Waals surface area contributed by atoms with E-state index in [-0.39, 0.29) is 18.4 Å². The zero-order chi connectivity index (χ0) is 13.1. The fourth-order valence-electron chi connectivity index (χ4n) is 2.62. The van der Waals surface area contributed by atoms with Crippen LogP contribution < -0.4 is 0 Å². The number of morpholine rings is 1. The first-order valence-electron chi connectivity index (χ1n) is 6.42. The van der Waals surface area contributed by atoms with Gasteiger partial charge in [0, 0.05) is 38.6 Å². The topological polar surface area (TPSA) is 70.1 Å². The molecule has 0 aromatic carbocycles. The molecule has 0 bridgehead atoms. The summed E-state index contributed by atoms with van der Waals surface area (Å²) in [5.74, 6) is -1.46. The first-order chi connectivity index (χ1) is 8.59. The number of amides is 1. The number of carboxylic acid groups (broad SMARTS) is 1. The third-order valence-electron chi connectivity index (χ3n) is 3.87. The van der Waals surface area contributed by atoms with Crippen LogP contribution in [0.15, 0.2) is 0 Å². The molecule has 102 valence electrons. The molecule has 6 heteroatoms. The summed E-state index contributed by atoms with van der Waals surface area (Å²) in [6.45, 7) is 6.48. The van der Waals surface area contributed by atoms with Gasteiger partial charge in [0.15, 0.2) is 0 Å². The Kier molecular flexibility index (Phi) is 4.19. The molecular weight excluding hydrogens is 236 g/mol. The highest BCUT2D eigenvalue weighted by molar-refractivity contribution is 5.86. The lowest BCUT2D eigenvalue weighted by Gasteiger charge is -2.30. The van der Waals surface area contributed by atoms with E-state index in [4.69, 9.17) is 9.84 Å². The number of ether oxygens (including phenoxy) is 1. The normalized spacial score (nSPS) is 29.8. The standard InChI is InChI=1S/C12H20N2O4/c1-9-10(12(16)17)8-11(15)14(9)3-2-13-4-6-18-7-5-13/h9-10H,2-8H2,1H3,(H,16,17). The van der Waals surface area contributed by atoms with Crippen molar-refractivity contribution in [2.24, 2.45) is 5.92 Å². The lowest BCUT2D eigenvalue weighted by Crippen LogP contribution is -2.44. The molecule has 0 aromatic rings. The monoisotopic (exact) mass is 256 g/mol. The van der Waals surface area contributed by atoms with Gasteiger partial charge in [-0.1, -0.05) is 0 Å². The highest BCUT2D eigenvalue weighted by atomic mass is 16.5. The molecule has 1 N–H and O–H groups in total. The van der Waals surface area contributed by atoms with Crippen LogP contribution >= 0.6 is 0 Å². The first-order valence-corrected chi connectivity index (χ1v) is 6.42. The molecule has 2 aliphatic rings. The molecule has 2 rings (SSSR count). The van der Waals surface area contributed by atoms with E-state index in [2.05, 4.69) is 4.90 Å². The van der Waals surface area contributed by atoms with Crippen molar-refractivity contribution in [1.29, 1.82) is 0 Å². The van der Waals surface area contributed by atoms with Gasteiger partial charge >= 0.3 is 5.97 Å². The third-order valence-corrected chi connectivity index (χ3v) is 3.87. The van der Waals surface area contributed by atoms with Gasteiger partial charge in [0.2, 0.25) is 5.91 Å². The van der Waals surface area contributed by atoms with E-state index in [1.54, 1.807) is 4.90 Å². The number of aliphatic carboxylic acids is 1. The number of carbonyl (C=O) groups excluding carboxylic acids is 1. The Bertz CT molecular complexity index is 328. The van der Waals surface area contributed by atoms with E-state index in [1.165, 1.54) is 0 Å². The summed E-state index contributed by atoms with van der Waals surface area (Å²) < 4.78 is 5.26. The Balaban J connectivity index is 1.85. The fourth-order valence-corrected chi connectivity index (χ4v) is 2.62. The molecule has 0 spiro atoms. The van der Waals surface area contributed by atoms with Crippen LogP contribution in [-0.2, 0) is 14.3 Å². The van der Waals surface area contributed by atoms with Crippen molar-refractivity contribution in [1.82, 2.24) is 9.80 Å². The zero-order valence-electron chi connectivity index (χ0n) is 10.7. The SMILES string of the molecule is CC1C(C(=O)O)CC(=O)N1CCN1CCOCC1. The number of hydrogen-bond donors (Lipinski definition) is 1. The molecular formula is C12H20N2O4. The van der Waals surface area contributed by atoms with Crippen LogP contribution in [0.1, 0.15) is 13.3 Å². The number of nitrogens with zero attached hydrogens (tertiary/aromatic N) is 2. The summed E-state index contributed by atoms with van der Waals surface area (Å²) in [5.41, 5.74) is 0. The van der Waals surface area contributed by atoms with Crippen molar-refractivity contribution in [2.45, 2.75) is 19.4 Å².